The first-order valence-corrected chi connectivity index (χ1v) is 11.1. The van der Waals surface area contributed by atoms with Crippen molar-refractivity contribution in [2.75, 3.05) is 22.7 Å². The van der Waals surface area contributed by atoms with E-state index in [0.29, 0.717) is 29.7 Å². The van der Waals surface area contributed by atoms with Crippen molar-refractivity contribution < 1.29 is 13.2 Å². The van der Waals surface area contributed by atoms with E-state index in [0.717, 1.165) is 23.2 Å². The minimum Gasteiger partial charge on any atom is -0.338 e. The first-order chi connectivity index (χ1) is 12.8. The normalized spacial score (nSPS) is 13.4. The fourth-order valence-corrected chi connectivity index (χ4v) is 4.84. The van der Waals surface area contributed by atoms with Crippen molar-refractivity contribution in [1.82, 2.24) is 5.32 Å². The minimum atomic E-state index is -3.72. The molecule has 0 bridgehead atoms. The number of hydrogen-bond acceptors (Lipinski definition) is 3. The van der Waals surface area contributed by atoms with Crippen LogP contribution in [0.4, 0.5) is 16.2 Å². The number of hydrogen-bond donors (Lipinski definition) is 2. The second-order valence-electron chi connectivity index (χ2n) is 6.51. The van der Waals surface area contributed by atoms with E-state index in [1.54, 1.807) is 23.1 Å². The Morgan fingerprint density at radius 3 is 2.70 bits per heavy atom. The van der Waals surface area contributed by atoms with E-state index in [1.807, 2.05) is 26.0 Å². The van der Waals surface area contributed by atoms with Gasteiger partial charge in [-0.05, 0) is 77.2 Å². The van der Waals surface area contributed by atoms with E-state index in [2.05, 4.69) is 26.0 Å². The quantitative estimate of drug-likeness (QED) is 0.719. The van der Waals surface area contributed by atoms with Crippen molar-refractivity contribution in [2.45, 2.75) is 31.6 Å². The van der Waals surface area contributed by atoms with Crippen LogP contribution in [-0.4, -0.2) is 27.5 Å². The van der Waals surface area contributed by atoms with Gasteiger partial charge in [-0.3, -0.25) is 9.62 Å². The molecule has 0 saturated heterocycles. The lowest BCUT2D eigenvalue weighted by Crippen LogP contribution is -2.39. The summed E-state index contributed by atoms with van der Waals surface area (Å²) < 4.78 is 28.8. The number of rotatable bonds is 5. The highest BCUT2D eigenvalue weighted by Crippen LogP contribution is 2.32. The SMILES string of the molecule is CCCNC(=O)N1CCc2cc(S(=O)(=O)Nc3ccc(C)cc3Br)ccc21. The van der Waals surface area contributed by atoms with Crippen LogP contribution in [0.25, 0.3) is 0 Å². The molecule has 3 rings (SSSR count). The Morgan fingerprint density at radius 2 is 2.00 bits per heavy atom. The second kappa shape index (κ2) is 7.90. The zero-order chi connectivity index (χ0) is 19.6. The predicted octanol–water partition coefficient (Wildman–Crippen LogP) is 4.04. The van der Waals surface area contributed by atoms with Crippen LogP contribution >= 0.6 is 15.9 Å². The molecule has 2 amide bonds. The van der Waals surface area contributed by atoms with E-state index in [4.69, 9.17) is 0 Å². The van der Waals surface area contributed by atoms with Gasteiger partial charge < -0.3 is 5.32 Å². The second-order valence-corrected chi connectivity index (χ2v) is 9.05. The average Bonchev–Trinajstić information content (AvgIpc) is 3.05. The molecular weight excluding hydrogens is 430 g/mol. The number of anilines is 2. The van der Waals surface area contributed by atoms with E-state index in [1.165, 1.54) is 6.07 Å². The third-order valence-electron chi connectivity index (χ3n) is 4.40. The van der Waals surface area contributed by atoms with Crippen LogP contribution in [0, 0.1) is 6.92 Å². The molecular formula is C19H22BrN3O3S. The number of carbonyl (C=O) groups excluding carboxylic acids is 1. The van der Waals surface area contributed by atoms with Gasteiger partial charge >= 0.3 is 6.03 Å². The first kappa shape index (κ1) is 19.7. The Kier molecular flexibility index (Phi) is 5.76. The van der Waals surface area contributed by atoms with Crippen LogP contribution < -0.4 is 14.9 Å². The summed E-state index contributed by atoms with van der Waals surface area (Å²) in [6.07, 6.45) is 1.50. The number of benzene rings is 2. The van der Waals surface area contributed by atoms with Crippen LogP contribution in [0.2, 0.25) is 0 Å². The van der Waals surface area contributed by atoms with Gasteiger partial charge in [-0.1, -0.05) is 13.0 Å². The Bertz CT molecular complexity index is 976. The summed E-state index contributed by atoms with van der Waals surface area (Å²) in [5, 5.41) is 2.85. The van der Waals surface area contributed by atoms with Gasteiger partial charge in [0.25, 0.3) is 10.0 Å². The molecule has 8 heteroatoms. The van der Waals surface area contributed by atoms with Gasteiger partial charge in [0, 0.05) is 23.2 Å². The molecule has 1 heterocycles. The molecule has 0 spiro atoms. The largest absolute Gasteiger partial charge is 0.338 e. The zero-order valence-corrected chi connectivity index (χ0v) is 17.7. The fraction of sp³-hybridized carbons (Fsp3) is 0.316. The predicted molar refractivity (Wildman–Crippen MR) is 111 cm³/mol. The topological polar surface area (TPSA) is 78.5 Å². The van der Waals surface area contributed by atoms with Gasteiger partial charge in [-0.15, -0.1) is 0 Å². The lowest BCUT2D eigenvalue weighted by atomic mass is 10.2. The Hall–Kier alpha value is -2.06. The maximum Gasteiger partial charge on any atom is 0.321 e. The van der Waals surface area contributed by atoms with Gasteiger partial charge in [0.15, 0.2) is 0 Å². The van der Waals surface area contributed by atoms with Crippen molar-refractivity contribution >= 4 is 43.4 Å². The molecule has 27 heavy (non-hydrogen) atoms. The van der Waals surface area contributed by atoms with Crippen LogP contribution in [0.15, 0.2) is 45.8 Å². The molecule has 0 unspecified atom stereocenters. The molecule has 6 nitrogen and oxygen atoms in total. The zero-order valence-electron chi connectivity index (χ0n) is 15.3. The van der Waals surface area contributed by atoms with E-state index in [-0.39, 0.29) is 10.9 Å². The van der Waals surface area contributed by atoms with Crippen molar-refractivity contribution in [1.29, 1.82) is 0 Å². The van der Waals surface area contributed by atoms with E-state index < -0.39 is 10.0 Å². The molecule has 2 N–H and O–H groups in total. The smallest absolute Gasteiger partial charge is 0.321 e. The Balaban J connectivity index is 1.83. The number of carbonyl (C=O) groups is 1. The van der Waals surface area contributed by atoms with Crippen LogP contribution in [0.1, 0.15) is 24.5 Å². The summed E-state index contributed by atoms with van der Waals surface area (Å²) in [6, 6.07) is 10.2. The number of halogens is 1. The lowest BCUT2D eigenvalue weighted by Gasteiger charge is -2.18. The van der Waals surface area contributed by atoms with Crippen molar-refractivity contribution in [2.24, 2.45) is 0 Å². The van der Waals surface area contributed by atoms with Crippen LogP contribution in [0.3, 0.4) is 0 Å². The van der Waals surface area contributed by atoms with E-state index >= 15 is 0 Å². The van der Waals surface area contributed by atoms with Crippen LogP contribution in [0.5, 0.6) is 0 Å². The molecule has 144 valence electrons. The van der Waals surface area contributed by atoms with Gasteiger partial charge in [-0.25, -0.2) is 13.2 Å². The molecule has 0 atom stereocenters. The third kappa shape index (κ3) is 4.27. The fourth-order valence-electron chi connectivity index (χ4n) is 2.99. The summed E-state index contributed by atoms with van der Waals surface area (Å²) in [5.41, 5.74) is 3.14. The number of sulfonamides is 1. The number of urea groups is 1. The third-order valence-corrected chi connectivity index (χ3v) is 6.42. The van der Waals surface area contributed by atoms with E-state index in [9.17, 15) is 13.2 Å². The average molecular weight is 452 g/mol. The monoisotopic (exact) mass is 451 g/mol. The molecule has 0 saturated carbocycles. The summed E-state index contributed by atoms with van der Waals surface area (Å²) in [6.45, 7) is 5.10. The van der Waals surface area contributed by atoms with Gasteiger partial charge in [0.05, 0.1) is 10.6 Å². The number of aryl methyl sites for hydroxylation is 1. The Morgan fingerprint density at radius 1 is 1.22 bits per heavy atom. The summed E-state index contributed by atoms with van der Waals surface area (Å²) in [5.74, 6) is 0. The summed E-state index contributed by atoms with van der Waals surface area (Å²) in [7, 11) is -3.72. The van der Waals surface area contributed by atoms with Gasteiger partial charge in [0.1, 0.15) is 0 Å². The highest BCUT2D eigenvalue weighted by Gasteiger charge is 2.26. The highest BCUT2D eigenvalue weighted by molar-refractivity contribution is 9.10. The molecule has 0 radical (unpaired) electrons. The van der Waals surface area contributed by atoms with Crippen LogP contribution in [-0.2, 0) is 16.4 Å². The molecule has 2 aromatic carbocycles. The maximum atomic E-state index is 12.8. The summed E-state index contributed by atoms with van der Waals surface area (Å²) in [4.78, 5) is 14.1. The highest BCUT2D eigenvalue weighted by atomic mass is 79.9. The molecule has 1 aliphatic heterocycles. The molecule has 0 aromatic heterocycles. The van der Waals surface area contributed by atoms with Crippen molar-refractivity contribution in [3.05, 3.63) is 52.0 Å². The minimum absolute atomic E-state index is 0.145. The molecule has 1 aliphatic rings. The standard InChI is InChI=1S/C19H22BrN3O3S/c1-3-9-21-19(24)23-10-8-14-12-15(5-7-18(14)23)27(25,26)22-17-6-4-13(2)11-16(17)20/h4-7,11-12,22H,3,8-10H2,1-2H3,(H,21,24). The maximum absolute atomic E-state index is 12.8. The molecule has 2 aromatic rings. The summed E-state index contributed by atoms with van der Waals surface area (Å²) >= 11 is 3.39. The number of nitrogens with one attached hydrogen (secondary N) is 2. The van der Waals surface area contributed by atoms with Gasteiger partial charge in [0.2, 0.25) is 0 Å². The lowest BCUT2D eigenvalue weighted by molar-refractivity contribution is 0.247. The number of amides is 2. The number of fused-ring (bicyclic) bond motifs is 1. The van der Waals surface area contributed by atoms with Gasteiger partial charge in [-0.2, -0.15) is 0 Å². The van der Waals surface area contributed by atoms with Crippen molar-refractivity contribution in [3.63, 3.8) is 0 Å². The van der Waals surface area contributed by atoms with Crippen molar-refractivity contribution in [3.8, 4) is 0 Å². The first-order valence-electron chi connectivity index (χ1n) is 8.79. The molecule has 0 fully saturated rings. The Labute approximate surface area is 168 Å². The molecule has 0 aliphatic carbocycles. The number of nitrogens with zero attached hydrogens (tertiary/aromatic N) is 1.